The predicted molar refractivity (Wildman–Crippen MR) is 56.3 cm³/mol. The van der Waals surface area contributed by atoms with Crippen LogP contribution in [0.4, 0.5) is 0 Å². The Hall–Kier alpha value is -0.900. The van der Waals surface area contributed by atoms with Crippen molar-refractivity contribution in [1.82, 2.24) is 0 Å². The molecule has 0 aliphatic carbocycles. The predicted octanol–water partition coefficient (Wildman–Crippen LogP) is 1.16. The van der Waals surface area contributed by atoms with Crippen LogP contribution in [0.15, 0.2) is 0 Å². The first-order valence-electron chi connectivity index (χ1n) is 5.03. The Kier molecular flexibility index (Phi) is 4.94. The molecule has 0 amide bonds. The maximum atomic E-state index is 11.8. The van der Waals surface area contributed by atoms with Crippen LogP contribution in [0.25, 0.3) is 0 Å². The largest absolute Gasteiger partial charge is 0.469 e. The molecule has 0 bridgehead atoms. The summed E-state index contributed by atoms with van der Waals surface area (Å²) in [5.41, 5.74) is -1.20. The number of aliphatic hydroxyl groups is 1. The molecule has 0 aromatic carbocycles. The highest BCUT2D eigenvalue weighted by molar-refractivity contribution is 5.87. The van der Waals surface area contributed by atoms with E-state index in [1.807, 2.05) is 0 Å². The van der Waals surface area contributed by atoms with Crippen molar-refractivity contribution in [2.24, 2.45) is 11.8 Å². The van der Waals surface area contributed by atoms with Gasteiger partial charge >= 0.3 is 5.97 Å². The normalized spacial score (nSPS) is 13.8. The topological polar surface area (TPSA) is 63.6 Å². The second kappa shape index (κ2) is 5.26. The number of methoxy groups -OCH3 is 1. The third-order valence-electron chi connectivity index (χ3n) is 2.36. The standard InChI is InChI=1S/C11H20O4/c1-7(2)10(13)8(11(3,4)14)6-9(12)15-5/h7-8,14H,6H2,1-5H3. The summed E-state index contributed by atoms with van der Waals surface area (Å²) in [6, 6.07) is 0. The first-order chi connectivity index (χ1) is 6.70. The number of carbonyl (C=O) groups excluding carboxylic acids is 2. The molecule has 0 rings (SSSR count). The van der Waals surface area contributed by atoms with Crippen molar-refractivity contribution in [3.8, 4) is 0 Å². The minimum Gasteiger partial charge on any atom is -0.469 e. The van der Waals surface area contributed by atoms with Crippen LogP contribution < -0.4 is 0 Å². The number of esters is 1. The lowest BCUT2D eigenvalue weighted by Crippen LogP contribution is -2.40. The summed E-state index contributed by atoms with van der Waals surface area (Å²) in [6.45, 7) is 6.55. The number of ether oxygens (including phenoxy) is 1. The fraction of sp³-hybridized carbons (Fsp3) is 0.818. The fourth-order valence-corrected chi connectivity index (χ4v) is 1.35. The van der Waals surface area contributed by atoms with Gasteiger partial charge in [-0.3, -0.25) is 9.59 Å². The summed E-state index contributed by atoms with van der Waals surface area (Å²) in [6.07, 6.45) is -0.0724. The van der Waals surface area contributed by atoms with Crippen LogP contribution in [-0.4, -0.2) is 29.6 Å². The van der Waals surface area contributed by atoms with E-state index in [0.717, 1.165) is 0 Å². The first kappa shape index (κ1) is 14.1. The molecule has 4 nitrogen and oxygen atoms in total. The minimum absolute atomic E-state index is 0.0724. The Morgan fingerprint density at radius 2 is 1.80 bits per heavy atom. The van der Waals surface area contributed by atoms with E-state index in [1.165, 1.54) is 21.0 Å². The molecule has 0 radical (unpaired) electrons. The quantitative estimate of drug-likeness (QED) is 0.700. The molecule has 15 heavy (non-hydrogen) atoms. The molecule has 0 saturated heterocycles. The molecule has 0 aliphatic rings. The summed E-state index contributed by atoms with van der Waals surface area (Å²) < 4.78 is 4.50. The van der Waals surface area contributed by atoms with Gasteiger partial charge in [-0.05, 0) is 13.8 Å². The molecule has 0 aliphatic heterocycles. The molecule has 1 atom stereocenters. The summed E-state index contributed by atoms with van der Waals surface area (Å²) in [5.74, 6) is -1.50. The minimum atomic E-state index is -1.20. The van der Waals surface area contributed by atoms with Crippen LogP contribution in [0.5, 0.6) is 0 Å². The van der Waals surface area contributed by atoms with E-state index in [4.69, 9.17) is 0 Å². The SMILES string of the molecule is COC(=O)CC(C(=O)C(C)C)C(C)(C)O. The lowest BCUT2D eigenvalue weighted by Gasteiger charge is -2.28. The van der Waals surface area contributed by atoms with E-state index < -0.39 is 17.5 Å². The van der Waals surface area contributed by atoms with Crippen LogP contribution in [0.2, 0.25) is 0 Å². The number of hydrogen-bond acceptors (Lipinski definition) is 4. The average Bonchev–Trinajstić information content (AvgIpc) is 2.10. The molecule has 1 N–H and O–H groups in total. The lowest BCUT2D eigenvalue weighted by molar-refractivity contribution is -0.149. The van der Waals surface area contributed by atoms with Gasteiger partial charge in [0.1, 0.15) is 5.78 Å². The highest BCUT2D eigenvalue weighted by atomic mass is 16.5. The Labute approximate surface area is 90.6 Å². The van der Waals surface area contributed by atoms with Crippen molar-refractivity contribution in [3.05, 3.63) is 0 Å². The Morgan fingerprint density at radius 3 is 2.07 bits per heavy atom. The molecule has 0 saturated carbocycles. The van der Waals surface area contributed by atoms with Gasteiger partial charge in [-0.1, -0.05) is 13.8 Å². The van der Waals surface area contributed by atoms with Gasteiger partial charge in [0.25, 0.3) is 0 Å². The molecule has 1 unspecified atom stereocenters. The monoisotopic (exact) mass is 216 g/mol. The van der Waals surface area contributed by atoms with E-state index in [1.54, 1.807) is 13.8 Å². The highest BCUT2D eigenvalue weighted by Crippen LogP contribution is 2.24. The van der Waals surface area contributed by atoms with E-state index >= 15 is 0 Å². The van der Waals surface area contributed by atoms with Crippen molar-refractivity contribution < 1.29 is 19.4 Å². The van der Waals surface area contributed by atoms with Crippen molar-refractivity contribution in [2.75, 3.05) is 7.11 Å². The number of ketones is 1. The molecule has 0 aromatic heterocycles. The van der Waals surface area contributed by atoms with E-state index in [9.17, 15) is 14.7 Å². The fourth-order valence-electron chi connectivity index (χ4n) is 1.35. The zero-order chi connectivity index (χ0) is 12.2. The lowest BCUT2D eigenvalue weighted by atomic mass is 9.81. The van der Waals surface area contributed by atoms with Crippen LogP contribution >= 0.6 is 0 Å². The van der Waals surface area contributed by atoms with Crippen LogP contribution in [0, 0.1) is 11.8 Å². The van der Waals surface area contributed by atoms with Gasteiger partial charge in [0.05, 0.1) is 25.0 Å². The van der Waals surface area contributed by atoms with Crippen molar-refractivity contribution in [1.29, 1.82) is 0 Å². The molecule has 88 valence electrons. The molecule has 0 fully saturated rings. The van der Waals surface area contributed by atoms with Gasteiger partial charge in [-0.15, -0.1) is 0 Å². The van der Waals surface area contributed by atoms with Crippen LogP contribution in [-0.2, 0) is 14.3 Å². The Balaban J connectivity index is 4.75. The second-order valence-corrected chi connectivity index (χ2v) is 4.54. The molecular weight excluding hydrogens is 196 g/mol. The molecule has 0 aromatic rings. The summed E-state index contributed by atoms with van der Waals surface area (Å²) in [7, 11) is 1.27. The smallest absolute Gasteiger partial charge is 0.306 e. The number of rotatable bonds is 5. The van der Waals surface area contributed by atoms with Crippen molar-refractivity contribution in [3.63, 3.8) is 0 Å². The van der Waals surface area contributed by atoms with Gasteiger partial charge in [-0.2, -0.15) is 0 Å². The zero-order valence-electron chi connectivity index (χ0n) is 10.0. The summed E-state index contributed by atoms with van der Waals surface area (Å²) in [4.78, 5) is 22.9. The maximum absolute atomic E-state index is 11.8. The van der Waals surface area contributed by atoms with Gasteiger partial charge in [-0.25, -0.2) is 0 Å². The van der Waals surface area contributed by atoms with Gasteiger partial charge in [0, 0.05) is 5.92 Å². The third-order valence-corrected chi connectivity index (χ3v) is 2.36. The molecule has 0 spiro atoms. The molecular formula is C11H20O4. The Bertz CT molecular complexity index is 237. The van der Waals surface area contributed by atoms with Crippen LogP contribution in [0.1, 0.15) is 34.1 Å². The summed E-state index contributed by atoms with van der Waals surface area (Å²) in [5, 5.41) is 9.81. The first-order valence-corrected chi connectivity index (χ1v) is 5.03. The number of carbonyl (C=O) groups is 2. The van der Waals surface area contributed by atoms with E-state index in [-0.39, 0.29) is 18.1 Å². The van der Waals surface area contributed by atoms with Gasteiger partial charge in [0.2, 0.25) is 0 Å². The van der Waals surface area contributed by atoms with Crippen molar-refractivity contribution in [2.45, 2.75) is 39.7 Å². The second-order valence-electron chi connectivity index (χ2n) is 4.54. The number of hydrogen-bond donors (Lipinski definition) is 1. The zero-order valence-corrected chi connectivity index (χ0v) is 10.0. The average molecular weight is 216 g/mol. The van der Waals surface area contributed by atoms with E-state index in [2.05, 4.69) is 4.74 Å². The van der Waals surface area contributed by atoms with Gasteiger partial charge < -0.3 is 9.84 Å². The van der Waals surface area contributed by atoms with Crippen LogP contribution in [0.3, 0.4) is 0 Å². The summed E-state index contributed by atoms with van der Waals surface area (Å²) >= 11 is 0. The number of Topliss-reactive ketones (excluding diaryl/α,β-unsaturated/α-hetero) is 1. The maximum Gasteiger partial charge on any atom is 0.306 e. The molecule has 4 heteroatoms. The van der Waals surface area contributed by atoms with Gasteiger partial charge in [0.15, 0.2) is 0 Å². The Morgan fingerprint density at radius 1 is 1.33 bits per heavy atom. The highest BCUT2D eigenvalue weighted by Gasteiger charge is 2.36. The van der Waals surface area contributed by atoms with Crippen molar-refractivity contribution >= 4 is 11.8 Å². The molecule has 0 heterocycles. The third kappa shape index (κ3) is 4.42. The van der Waals surface area contributed by atoms with E-state index in [0.29, 0.717) is 0 Å².